The number of rotatable bonds is 4. The topological polar surface area (TPSA) is 56.3 Å². The molecule has 0 saturated carbocycles. The molecule has 2 heterocycles. The smallest absolute Gasteiger partial charge is 0.279 e. The van der Waals surface area contributed by atoms with Crippen molar-refractivity contribution in [2.75, 3.05) is 19.7 Å². The van der Waals surface area contributed by atoms with E-state index in [4.69, 9.17) is 9.47 Å². The second kappa shape index (κ2) is 6.72. The first-order valence-electron chi connectivity index (χ1n) is 6.64. The summed E-state index contributed by atoms with van der Waals surface area (Å²) in [6, 6.07) is 7.73. The first kappa shape index (κ1) is 14.8. The van der Waals surface area contributed by atoms with Crippen LogP contribution in [0.3, 0.4) is 0 Å². The van der Waals surface area contributed by atoms with Crippen molar-refractivity contribution in [1.82, 2.24) is 15.3 Å². The molecule has 0 amide bonds. The monoisotopic (exact) mass is 295 g/mol. The number of halogens is 1. The lowest BCUT2D eigenvalue weighted by atomic mass is 10.3. The van der Waals surface area contributed by atoms with Gasteiger partial charge in [-0.25, -0.2) is 9.97 Å². The molecule has 0 aliphatic carbocycles. The standard InChI is InChI=1S/C14H17N3O2.ClH/c1-2-18-13-14(19-10-7-8-15-9-10)17-12-6-4-3-5-11(12)16-13;/h3-6,10,15H,2,7-9H2,1H3;1H/t10-;/m0./s1. The SMILES string of the molecule is CCOc1nc2ccccc2nc1O[C@H]1CCNC1.Cl. The molecule has 1 fully saturated rings. The van der Waals surface area contributed by atoms with E-state index in [0.29, 0.717) is 18.4 Å². The summed E-state index contributed by atoms with van der Waals surface area (Å²) in [4.78, 5) is 9.00. The molecule has 1 saturated heterocycles. The molecule has 1 aromatic carbocycles. The molecule has 5 nitrogen and oxygen atoms in total. The average molecular weight is 296 g/mol. The van der Waals surface area contributed by atoms with Gasteiger partial charge in [0.25, 0.3) is 11.8 Å². The van der Waals surface area contributed by atoms with E-state index in [9.17, 15) is 0 Å². The molecule has 2 aromatic rings. The van der Waals surface area contributed by atoms with Gasteiger partial charge in [-0.2, -0.15) is 0 Å². The normalized spacial score (nSPS) is 17.8. The van der Waals surface area contributed by atoms with Gasteiger partial charge in [-0.15, -0.1) is 12.4 Å². The van der Waals surface area contributed by atoms with Gasteiger partial charge in [0, 0.05) is 6.54 Å². The van der Waals surface area contributed by atoms with Crippen LogP contribution in [0.25, 0.3) is 11.0 Å². The number of nitrogens with one attached hydrogen (secondary N) is 1. The summed E-state index contributed by atoms with van der Waals surface area (Å²) in [5.74, 6) is 0.974. The average Bonchev–Trinajstić information content (AvgIpc) is 2.93. The largest absolute Gasteiger partial charge is 0.474 e. The zero-order valence-corrected chi connectivity index (χ0v) is 12.2. The maximum atomic E-state index is 5.91. The third kappa shape index (κ3) is 3.11. The number of aromatic nitrogens is 2. The molecule has 0 spiro atoms. The lowest BCUT2D eigenvalue weighted by Gasteiger charge is -2.14. The molecule has 6 heteroatoms. The van der Waals surface area contributed by atoms with E-state index in [-0.39, 0.29) is 18.5 Å². The molecule has 1 aromatic heterocycles. The summed E-state index contributed by atoms with van der Waals surface area (Å²) >= 11 is 0. The summed E-state index contributed by atoms with van der Waals surface area (Å²) in [7, 11) is 0. The van der Waals surface area contributed by atoms with Crippen molar-refractivity contribution >= 4 is 23.4 Å². The highest BCUT2D eigenvalue weighted by Crippen LogP contribution is 2.27. The molecule has 0 radical (unpaired) electrons. The Hall–Kier alpha value is -1.59. The highest BCUT2D eigenvalue weighted by atomic mass is 35.5. The molecule has 20 heavy (non-hydrogen) atoms. The first-order chi connectivity index (χ1) is 9.36. The molecule has 1 aliphatic rings. The summed E-state index contributed by atoms with van der Waals surface area (Å²) < 4.78 is 11.4. The highest BCUT2D eigenvalue weighted by molar-refractivity contribution is 5.85. The third-order valence-corrected chi connectivity index (χ3v) is 3.08. The summed E-state index contributed by atoms with van der Waals surface area (Å²) in [5, 5.41) is 3.27. The number of ether oxygens (including phenoxy) is 2. The van der Waals surface area contributed by atoms with Crippen LogP contribution in [0, 0.1) is 0 Å². The predicted octanol–water partition coefficient (Wildman–Crippen LogP) is 2.19. The van der Waals surface area contributed by atoms with E-state index in [1.807, 2.05) is 31.2 Å². The molecule has 3 rings (SSSR count). The van der Waals surface area contributed by atoms with Crippen molar-refractivity contribution in [3.8, 4) is 11.8 Å². The summed E-state index contributed by atoms with van der Waals surface area (Å²) in [5.41, 5.74) is 1.65. The minimum Gasteiger partial charge on any atom is -0.474 e. The lowest BCUT2D eigenvalue weighted by molar-refractivity contribution is 0.196. The van der Waals surface area contributed by atoms with Gasteiger partial charge in [0.05, 0.1) is 17.6 Å². The Kier molecular flexibility index (Phi) is 4.98. The van der Waals surface area contributed by atoms with Gasteiger partial charge in [-0.1, -0.05) is 12.1 Å². The van der Waals surface area contributed by atoms with E-state index >= 15 is 0 Å². The van der Waals surface area contributed by atoms with Gasteiger partial charge < -0.3 is 14.8 Å². The molecule has 0 bridgehead atoms. The van der Waals surface area contributed by atoms with Gasteiger partial charge >= 0.3 is 0 Å². The van der Waals surface area contributed by atoms with Crippen LogP contribution in [0.2, 0.25) is 0 Å². The van der Waals surface area contributed by atoms with Gasteiger partial charge in [-0.3, -0.25) is 0 Å². The Bertz CT molecular complexity index is 573. The Morgan fingerprint density at radius 1 is 1.20 bits per heavy atom. The minimum atomic E-state index is 0. The fraction of sp³-hybridized carbons (Fsp3) is 0.429. The number of fused-ring (bicyclic) bond motifs is 1. The number of benzene rings is 1. The van der Waals surface area contributed by atoms with Crippen LogP contribution >= 0.6 is 12.4 Å². The van der Waals surface area contributed by atoms with Crippen molar-refractivity contribution in [3.63, 3.8) is 0 Å². The molecular formula is C14H18ClN3O2. The predicted molar refractivity (Wildman–Crippen MR) is 79.9 cm³/mol. The second-order valence-corrected chi connectivity index (χ2v) is 4.49. The Morgan fingerprint density at radius 2 is 1.90 bits per heavy atom. The van der Waals surface area contributed by atoms with Gasteiger partial charge in [0.15, 0.2) is 0 Å². The van der Waals surface area contributed by atoms with Gasteiger partial charge in [0.2, 0.25) is 0 Å². The summed E-state index contributed by atoms with van der Waals surface area (Å²) in [6.07, 6.45) is 1.13. The number of hydrogen-bond donors (Lipinski definition) is 1. The van der Waals surface area contributed by atoms with Crippen LogP contribution in [0.4, 0.5) is 0 Å². The van der Waals surface area contributed by atoms with Crippen molar-refractivity contribution in [2.24, 2.45) is 0 Å². The lowest BCUT2D eigenvalue weighted by Crippen LogP contribution is -2.20. The van der Waals surface area contributed by atoms with Crippen LogP contribution in [-0.2, 0) is 0 Å². The number of hydrogen-bond acceptors (Lipinski definition) is 5. The van der Waals surface area contributed by atoms with Crippen LogP contribution in [-0.4, -0.2) is 35.8 Å². The second-order valence-electron chi connectivity index (χ2n) is 4.49. The molecule has 108 valence electrons. The van der Waals surface area contributed by atoms with E-state index in [0.717, 1.165) is 30.5 Å². The van der Waals surface area contributed by atoms with E-state index in [1.165, 1.54) is 0 Å². The van der Waals surface area contributed by atoms with Crippen molar-refractivity contribution in [3.05, 3.63) is 24.3 Å². The maximum Gasteiger partial charge on any atom is 0.279 e. The maximum absolute atomic E-state index is 5.91. The minimum absolute atomic E-state index is 0. The number of para-hydroxylation sites is 2. The van der Waals surface area contributed by atoms with Crippen LogP contribution < -0.4 is 14.8 Å². The first-order valence-corrected chi connectivity index (χ1v) is 6.64. The Labute approximate surface area is 124 Å². The molecular weight excluding hydrogens is 278 g/mol. The van der Waals surface area contributed by atoms with Gasteiger partial charge in [0.1, 0.15) is 6.10 Å². The zero-order chi connectivity index (χ0) is 13.1. The van der Waals surface area contributed by atoms with Crippen LogP contribution in [0.15, 0.2) is 24.3 Å². The molecule has 0 unspecified atom stereocenters. The molecule has 1 N–H and O–H groups in total. The third-order valence-electron chi connectivity index (χ3n) is 3.08. The van der Waals surface area contributed by atoms with Crippen LogP contribution in [0.1, 0.15) is 13.3 Å². The van der Waals surface area contributed by atoms with E-state index in [2.05, 4.69) is 15.3 Å². The quantitative estimate of drug-likeness (QED) is 0.937. The van der Waals surface area contributed by atoms with Crippen molar-refractivity contribution in [1.29, 1.82) is 0 Å². The Morgan fingerprint density at radius 3 is 2.50 bits per heavy atom. The van der Waals surface area contributed by atoms with Crippen molar-refractivity contribution < 1.29 is 9.47 Å². The Balaban J connectivity index is 0.00000147. The fourth-order valence-corrected chi connectivity index (χ4v) is 2.16. The molecule has 1 aliphatic heterocycles. The van der Waals surface area contributed by atoms with Gasteiger partial charge in [-0.05, 0) is 32.0 Å². The van der Waals surface area contributed by atoms with Crippen molar-refractivity contribution in [2.45, 2.75) is 19.4 Å². The highest BCUT2D eigenvalue weighted by Gasteiger charge is 2.20. The zero-order valence-electron chi connectivity index (χ0n) is 11.3. The number of nitrogens with zero attached hydrogens (tertiary/aromatic N) is 2. The van der Waals surface area contributed by atoms with Crippen LogP contribution in [0.5, 0.6) is 11.8 Å². The molecule has 1 atom stereocenters. The summed E-state index contributed by atoms with van der Waals surface area (Å²) in [6.45, 7) is 4.31. The fourth-order valence-electron chi connectivity index (χ4n) is 2.16. The van der Waals surface area contributed by atoms with E-state index in [1.54, 1.807) is 0 Å². The van der Waals surface area contributed by atoms with E-state index < -0.39 is 0 Å².